The van der Waals surface area contributed by atoms with Crippen LogP contribution < -0.4 is 10.1 Å². The molecule has 0 fully saturated rings. The molecule has 0 aliphatic carbocycles. The van der Waals surface area contributed by atoms with Crippen LogP contribution in [0.4, 0.5) is 8.78 Å². The quantitative estimate of drug-likeness (QED) is 0.918. The predicted molar refractivity (Wildman–Crippen MR) is 75.1 cm³/mol. The molecule has 1 amide bonds. The van der Waals surface area contributed by atoms with Crippen LogP contribution in [0.15, 0.2) is 42.5 Å². The van der Waals surface area contributed by atoms with Crippen molar-refractivity contribution in [1.82, 2.24) is 5.32 Å². The summed E-state index contributed by atoms with van der Waals surface area (Å²) in [6, 6.07) is 10.9. The maximum Gasteiger partial charge on any atom is 0.254 e. The predicted octanol–water partition coefficient (Wildman–Crippen LogP) is 3.29. The number of nitrogens with one attached hydrogen (secondary N) is 1. The van der Waals surface area contributed by atoms with Gasteiger partial charge in [-0.15, -0.1) is 0 Å². The average molecular weight is 291 g/mol. The lowest BCUT2D eigenvalue weighted by atomic mass is 10.1. The van der Waals surface area contributed by atoms with Crippen LogP contribution in [-0.2, 0) is 6.61 Å². The van der Waals surface area contributed by atoms with Crippen molar-refractivity contribution in [3.8, 4) is 5.75 Å². The minimum Gasteiger partial charge on any atom is -0.486 e. The summed E-state index contributed by atoms with van der Waals surface area (Å²) in [5, 5.41) is 2.47. The lowest BCUT2D eigenvalue weighted by Crippen LogP contribution is -2.24. The maximum atomic E-state index is 13.7. The molecule has 0 radical (unpaired) electrons. The first-order valence-electron chi connectivity index (χ1n) is 6.55. The number of carbonyl (C=O) groups excluding carboxylic acids is 1. The van der Waals surface area contributed by atoms with Crippen molar-refractivity contribution in [3.05, 3.63) is 65.2 Å². The third-order valence-corrected chi connectivity index (χ3v) is 2.84. The van der Waals surface area contributed by atoms with E-state index in [1.54, 1.807) is 6.92 Å². The van der Waals surface area contributed by atoms with Crippen LogP contribution in [0.5, 0.6) is 5.75 Å². The Morgan fingerprint density at radius 2 is 1.86 bits per heavy atom. The molecule has 2 aromatic rings. The number of ether oxygens (including phenoxy) is 1. The van der Waals surface area contributed by atoms with Crippen molar-refractivity contribution >= 4 is 5.91 Å². The second-order valence-electron chi connectivity index (χ2n) is 4.40. The Labute approximate surface area is 121 Å². The second kappa shape index (κ2) is 6.83. The van der Waals surface area contributed by atoms with Gasteiger partial charge in [-0.2, -0.15) is 0 Å². The zero-order chi connectivity index (χ0) is 15.2. The van der Waals surface area contributed by atoms with Gasteiger partial charge in [-0.1, -0.05) is 30.3 Å². The summed E-state index contributed by atoms with van der Waals surface area (Å²) in [5.41, 5.74) is 0.613. The monoisotopic (exact) mass is 291 g/mol. The van der Waals surface area contributed by atoms with E-state index in [2.05, 4.69) is 5.32 Å². The van der Waals surface area contributed by atoms with Gasteiger partial charge in [0, 0.05) is 12.6 Å². The molecule has 3 nitrogen and oxygen atoms in total. The minimum absolute atomic E-state index is 0.137. The lowest BCUT2D eigenvalue weighted by Gasteiger charge is -2.10. The summed E-state index contributed by atoms with van der Waals surface area (Å²) in [4.78, 5) is 11.7. The molecule has 0 saturated carbocycles. The number of benzene rings is 2. The third kappa shape index (κ3) is 3.78. The van der Waals surface area contributed by atoms with Gasteiger partial charge in [0.15, 0.2) is 11.6 Å². The van der Waals surface area contributed by atoms with Crippen LogP contribution in [0, 0.1) is 11.6 Å². The van der Waals surface area contributed by atoms with E-state index < -0.39 is 17.5 Å². The van der Waals surface area contributed by atoms with Crippen LogP contribution in [0.3, 0.4) is 0 Å². The molecule has 0 unspecified atom stereocenters. The Balaban J connectivity index is 2.19. The normalized spacial score (nSPS) is 10.2. The zero-order valence-corrected chi connectivity index (χ0v) is 11.5. The molecular weight excluding hydrogens is 276 g/mol. The number of hydrogen-bond donors (Lipinski definition) is 1. The molecule has 0 aliphatic heterocycles. The van der Waals surface area contributed by atoms with Crippen LogP contribution in [0.25, 0.3) is 0 Å². The van der Waals surface area contributed by atoms with Crippen LogP contribution in [0.2, 0.25) is 0 Å². The van der Waals surface area contributed by atoms with Crippen molar-refractivity contribution in [3.63, 3.8) is 0 Å². The fourth-order valence-corrected chi connectivity index (χ4v) is 1.80. The van der Waals surface area contributed by atoms with E-state index in [0.29, 0.717) is 12.6 Å². The number of rotatable bonds is 5. The van der Waals surface area contributed by atoms with Gasteiger partial charge in [-0.25, -0.2) is 8.78 Å². The van der Waals surface area contributed by atoms with Crippen LogP contribution in [-0.4, -0.2) is 12.5 Å². The molecule has 0 bridgehead atoms. The smallest absolute Gasteiger partial charge is 0.254 e. The first kappa shape index (κ1) is 15.0. The van der Waals surface area contributed by atoms with E-state index in [1.807, 2.05) is 30.3 Å². The molecule has 0 aliphatic rings. The van der Waals surface area contributed by atoms with Gasteiger partial charge in [0.2, 0.25) is 0 Å². The fraction of sp³-hybridized carbons (Fsp3) is 0.188. The first-order valence-corrected chi connectivity index (χ1v) is 6.55. The zero-order valence-electron chi connectivity index (χ0n) is 11.5. The van der Waals surface area contributed by atoms with Crippen molar-refractivity contribution in [1.29, 1.82) is 0 Å². The van der Waals surface area contributed by atoms with E-state index in [9.17, 15) is 13.6 Å². The molecule has 0 saturated heterocycles. The largest absolute Gasteiger partial charge is 0.486 e. The number of amides is 1. The molecule has 110 valence electrons. The summed E-state index contributed by atoms with van der Waals surface area (Å²) in [5.74, 6) is -2.50. The Kier molecular flexibility index (Phi) is 4.87. The van der Waals surface area contributed by atoms with Crippen molar-refractivity contribution in [2.75, 3.05) is 6.54 Å². The highest BCUT2D eigenvalue weighted by Crippen LogP contribution is 2.23. The van der Waals surface area contributed by atoms with Gasteiger partial charge >= 0.3 is 0 Å². The van der Waals surface area contributed by atoms with E-state index >= 15 is 0 Å². The molecule has 0 atom stereocenters. The average Bonchev–Trinajstić information content (AvgIpc) is 2.47. The Morgan fingerprint density at radius 3 is 2.52 bits per heavy atom. The van der Waals surface area contributed by atoms with Gasteiger partial charge in [0.05, 0.1) is 5.56 Å². The van der Waals surface area contributed by atoms with Crippen molar-refractivity contribution < 1.29 is 18.3 Å². The standard InChI is InChI=1S/C16H15F2NO2/c1-2-19-16(20)12-8-15(14(18)9-13(12)17)21-10-11-6-4-3-5-7-11/h3-9H,2,10H2,1H3,(H,19,20). The topological polar surface area (TPSA) is 38.3 Å². The van der Waals surface area contributed by atoms with E-state index in [-0.39, 0.29) is 17.9 Å². The number of hydrogen-bond acceptors (Lipinski definition) is 2. The second-order valence-corrected chi connectivity index (χ2v) is 4.40. The number of halogens is 2. The first-order chi connectivity index (χ1) is 10.1. The molecule has 2 aromatic carbocycles. The molecule has 0 spiro atoms. The Morgan fingerprint density at radius 1 is 1.14 bits per heavy atom. The van der Waals surface area contributed by atoms with E-state index in [4.69, 9.17) is 4.74 Å². The molecule has 0 heterocycles. The lowest BCUT2D eigenvalue weighted by molar-refractivity contribution is 0.0951. The molecule has 1 N–H and O–H groups in total. The fourth-order valence-electron chi connectivity index (χ4n) is 1.80. The molecule has 0 aromatic heterocycles. The van der Waals surface area contributed by atoms with E-state index in [0.717, 1.165) is 11.6 Å². The van der Waals surface area contributed by atoms with Crippen LogP contribution >= 0.6 is 0 Å². The van der Waals surface area contributed by atoms with Gasteiger partial charge in [-0.05, 0) is 18.6 Å². The molecule has 21 heavy (non-hydrogen) atoms. The SMILES string of the molecule is CCNC(=O)c1cc(OCc2ccccc2)c(F)cc1F. The molecular formula is C16H15F2NO2. The van der Waals surface area contributed by atoms with Gasteiger partial charge in [0.1, 0.15) is 12.4 Å². The Bertz CT molecular complexity index is 630. The highest BCUT2D eigenvalue weighted by Gasteiger charge is 2.16. The van der Waals surface area contributed by atoms with Crippen LogP contribution in [0.1, 0.15) is 22.8 Å². The molecule has 5 heteroatoms. The maximum absolute atomic E-state index is 13.7. The summed E-state index contributed by atoms with van der Waals surface area (Å²) in [7, 11) is 0. The highest BCUT2D eigenvalue weighted by molar-refractivity contribution is 5.94. The third-order valence-electron chi connectivity index (χ3n) is 2.84. The van der Waals surface area contributed by atoms with E-state index in [1.165, 1.54) is 0 Å². The Hall–Kier alpha value is -2.43. The van der Waals surface area contributed by atoms with Gasteiger partial charge in [-0.3, -0.25) is 4.79 Å². The summed E-state index contributed by atoms with van der Waals surface area (Å²) in [6.07, 6.45) is 0. The minimum atomic E-state index is -0.912. The van der Waals surface area contributed by atoms with Crippen molar-refractivity contribution in [2.24, 2.45) is 0 Å². The summed E-state index contributed by atoms with van der Waals surface area (Å²) in [6.45, 7) is 2.21. The van der Waals surface area contributed by atoms with Gasteiger partial charge in [0.25, 0.3) is 5.91 Å². The highest BCUT2D eigenvalue weighted by atomic mass is 19.1. The summed E-state index contributed by atoms with van der Waals surface area (Å²) < 4.78 is 32.6. The van der Waals surface area contributed by atoms with Gasteiger partial charge < -0.3 is 10.1 Å². The summed E-state index contributed by atoms with van der Waals surface area (Å²) >= 11 is 0. The number of carbonyl (C=O) groups is 1. The molecule has 2 rings (SSSR count). The van der Waals surface area contributed by atoms with Crippen molar-refractivity contribution in [2.45, 2.75) is 13.5 Å².